The van der Waals surface area contributed by atoms with E-state index in [-0.39, 0.29) is 16.4 Å². The van der Waals surface area contributed by atoms with Crippen molar-refractivity contribution in [3.8, 4) is 0 Å². The number of β-amino-alcohol motifs (C(OH)–C–C–N with tert-alkyl or cyclic N) is 1. The minimum absolute atomic E-state index is 0.0802. The summed E-state index contributed by atoms with van der Waals surface area (Å²) in [6.07, 6.45) is 1.09. The van der Waals surface area contributed by atoms with Gasteiger partial charge in [-0.2, -0.15) is 4.31 Å². The van der Waals surface area contributed by atoms with Gasteiger partial charge in [-0.05, 0) is 18.6 Å². The molecule has 0 radical (unpaired) electrons. The lowest BCUT2D eigenvalue weighted by molar-refractivity contribution is 0.189. The van der Waals surface area contributed by atoms with E-state index in [1.165, 1.54) is 22.6 Å². The topological polar surface area (TPSA) is 96.5 Å². The summed E-state index contributed by atoms with van der Waals surface area (Å²) in [4.78, 5) is 4.10. The van der Waals surface area contributed by atoms with Crippen LogP contribution in [0.3, 0.4) is 0 Å². The molecule has 0 saturated carbocycles. The summed E-state index contributed by atoms with van der Waals surface area (Å²) in [6.45, 7) is 0.444. The highest BCUT2D eigenvalue weighted by Gasteiger charge is 2.31. The molecule has 98 valence electrons. The van der Waals surface area contributed by atoms with Crippen LogP contribution in [0.4, 0.5) is 0 Å². The maximum Gasteiger partial charge on any atom is 0.244 e. The van der Waals surface area contributed by atoms with Crippen LogP contribution >= 0.6 is 12.2 Å². The standard InChI is InChI=1S/C10H13N3O3S2/c11-10(17)9-2-1-8(5-12-9)18(15,16)13-4-3-7(14)6-13/h1-2,5,7,14H,3-4,6H2,(H2,11,17). The highest BCUT2D eigenvalue weighted by atomic mass is 32.2. The Kier molecular flexibility index (Phi) is 3.62. The molecule has 1 saturated heterocycles. The average Bonchev–Trinajstić information content (AvgIpc) is 2.76. The molecule has 0 aromatic carbocycles. The number of nitrogens with zero attached hydrogens (tertiary/aromatic N) is 2. The number of hydrogen-bond acceptors (Lipinski definition) is 5. The van der Waals surface area contributed by atoms with Gasteiger partial charge >= 0.3 is 0 Å². The Hall–Kier alpha value is -1.09. The summed E-state index contributed by atoms with van der Waals surface area (Å²) in [7, 11) is -3.59. The molecule has 6 nitrogen and oxygen atoms in total. The van der Waals surface area contributed by atoms with Crippen LogP contribution in [0.1, 0.15) is 12.1 Å². The van der Waals surface area contributed by atoms with Crippen LogP contribution in [0.25, 0.3) is 0 Å². The van der Waals surface area contributed by atoms with E-state index in [9.17, 15) is 13.5 Å². The Morgan fingerprint density at radius 1 is 1.56 bits per heavy atom. The van der Waals surface area contributed by atoms with Crippen LogP contribution in [-0.4, -0.2) is 47.0 Å². The smallest absolute Gasteiger partial charge is 0.244 e. The molecule has 1 aliphatic rings. The van der Waals surface area contributed by atoms with Crippen LogP contribution in [0.15, 0.2) is 23.2 Å². The maximum absolute atomic E-state index is 12.2. The van der Waals surface area contributed by atoms with Gasteiger partial charge in [0.1, 0.15) is 9.88 Å². The Bertz CT molecular complexity index is 556. The number of rotatable bonds is 3. The SMILES string of the molecule is NC(=S)c1ccc(S(=O)(=O)N2CCC(O)C2)cn1. The Morgan fingerprint density at radius 3 is 2.72 bits per heavy atom. The number of aromatic nitrogens is 1. The highest BCUT2D eigenvalue weighted by Crippen LogP contribution is 2.20. The average molecular weight is 287 g/mol. The zero-order valence-corrected chi connectivity index (χ0v) is 11.1. The number of thiocarbonyl (C=S) groups is 1. The monoisotopic (exact) mass is 287 g/mol. The van der Waals surface area contributed by atoms with Crippen molar-refractivity contribution < 1.29 is 13.5 Å². The van der Waals surface area contributed by atoms with Gasteiger partial charge in [0, 0.05) is 19.3 Å². The molecule has 18 heavy (non-hydrogen) atoms. The van der Waals surface area contributed by atoms with Crippen molar-refractivity contribution in [2.45, 2.75) is 17.4 Å². The molecule has 0 bridgehead atoms. The van der Waals surface area contributed by atoms with Gasteiger partial charge in [0.05, 0.1) is 11.8 Å². The van der Waals surface area contributed by atoms with Crippen molar-refractivity contribution in [3.05, 3.63) is 24.0 Å². The lowest BCUT2D eigenvalue weighted by Gasteiger charge is -2.15. The van der Waals surface area contributed by atoms with Crippen LogP contribution in [0, 0.1) is 0 Å². The first kappa shape index (κ1) is 13.3. The first-order chi connectivity index (χ1) is 8.41. The Morgan fingerprint density at radius 2 is 2.28 bits per heavy atom. The molecule has 1 atom stereocenters. The Balaban J connectivity index is 2.27. The molecule has 1 unspecified atom stereocenters. The second kappa shape index (κ2) is 4.88. The molecule has 3 N–H and O–H groups in total. The van der Waals surface area contributed by atoms with Crippen molar-refractivity contribution >= 4 is 27.2 Å². The van der Waals surface area contributed by atoms with Crippen molar-refractivity contribution in [3.63, 3.8) is 0 Å². The summed E-state index contributed by atoms with van der Waals surface area (Å²) in [5, 5.41) is 9.37. The van der Waals surface area contributed by atoms with Crippen LogP contribution in [0.5, 0.6) is 0 Å². The van der Waals surface area contributed by atoms with E-state index in [2.05, 4.69) is 4.98 Å². The molecule has 1 aromatic rings. The minimum Gasteiger partial charge on any atom is -0.392 e. The minimum atomic E-state index is -3.59. The third-order valence-corrected chi connectivity index (χ3v) is 4.81. The molecule has 0 amide bonds. The summed E-state index contributed by atoms with van der Waals surface area (Å²) >= 11 is 4.74. The van der Waals surface area contributed by atoms with Gasteiger partial charge < -0.3 is 10.8 Å². The number of pyridine rings is 1. The zero-order valence-electron chi connectivity index (χ0n) is 9.48. The molecule has 0 aliphatic carbocycles. The van der Waals surface area contributed by atoms with E-state index in [0.717, 1.165) is 0 Å². The lowest BCUT2D eigenvalue weighted by atomic mass is 10.3. The molecule has 2 rings (SSSR count). The third kappa shape index (κ3) is 2.51. The van der Waals surface area contributed by atoms with Gasteiger partial charge in [0.25, 0.3) is 0 Å². The van der Waals surface area contributed by atoms with Gasteiger partial charge in [0.15, 0.2) is 0 Å². The van der Waals surface area contributed by atoms with Gasteiger partial charge in [-0.3, -0.25) is 4.98 Å². The fraction of sp³-hybridized carbons (Fsp3) is 0.400. The summed E-state index contributed by atoms with van der Waals surface area (Å²) in [6, 6.07) is 2.89. The molecule has 1 aliphatic heterocycles. The first-order valence-corrected chi connectivity index (χ1v) is 7.20. The predicted octanol–water partition coefficient (Wildman–Crippen LogP) is -0.529. The summed E-state index contributed by atoms with van der Waals surface area (Å²) in [5.41, 5.74) is 5.77. The van der Waals surface area contributed by atoms with Gasteiger partial charge in [-0.1, -0.05) is 12.2 Å². The highest BCUT2D eigenvalue weighted by molar-refractivity contribution is 7.89. The molecular formula is C10H13N3O3S2. The van der Waals surface area contributed by atoms with Crippen molar-refractivity contribution in [1.29, 1.82) is 0 Å². The largest absolute Gasteiger partial charge is 0.392 e. The van der Waals surface area contributed by atoms with Crippen LogP contribution in [-0.2, 0) is 10.0 Å². The van der Waals surface area contributed by atoms with E-state index in [0.29, 0.717) is 18.7 Å². The van der Waals surface area contributed by atoms with E-state index in [4.69, 9.17) is 18.0 Å². The molecule has 1 aromatic heterocycles. The van der Waals surface area contributed by atoms with Crippen molar-refractivity contribution in [2.24, 2.45) is 5.73 Å². The maximum atomic E-state index is 12.2. The fourth-order valence-corrected chi connectivity index (χ4v) is 3.32. The number of aliphatic hydroxyl groups is 1. The number of aliphatic hydroxyl groups excluding tert-OH is 1. The summed E-state index contributed by atoms with van der Waals surface area (Å²) in [5.74, 6) is 0. The van der Waals surface area contributed by atoms with E-state index < -0.39 is 16.1 Å². The van der Waals surface area contributed by atoms with Gasteiger partial charge in [-0.25, -0.2) is 8.42 Å². The number of nitrogens with two attached hydrogens (primary N) is 1. The second-order valence-corrected chi connectivity index (χ2v) is 6.43. The molecular weight excluding hydrogens is 274 g/mol. The molecule has 8 heteroatoms. The molecule has 1 fully saturated rings. The number of sulfonamides is 1. The van der Waals surface area contributed by atoms with Gasteiger partial charge in [0.2, 0.25) is 10.0 Å². The van der Waals surface area contributed by atoms with Gasteiger partial charge in [-0.15, -0.1) is 0 Å². The van der Waals surface area contributed by atoms with E-state index in [1.54, 1.807) is 0 Å². The fourth-order valence-electron chi connectivity index (χ4n) is 1.76. The van der Waals surface area contributed by atoms with E-state index in [1.807, 2.05) is 0 Å². The van der Waals surface area contributed by atoms with E-state index >= 15 is 0 Å². The summed E-state index contributed by atoms with van der Waals surface area (Å²) < 4.78 is 25.6. The zero-order chi connectivity index (χ0) is 13.3. The number of hydrogen-bond donors (Lipinski definition) is 2. The normalized spacial score (nSPS) is 21.1. The second-order valence-electron chi connectivity index (χ2n) is 4.05. The van der Waals surface area contributed by atoms with Crippen LogP contribution < -0.4 is 5.73 Å². The molecule has 2 heterocycles. The quantitative estimate of drug-likeness (QED) is 0.726. The first-order valence-electron chi connectivity index (χ1n) is 5.35. The Labute approximate surface area is 110 Å². The predicted molar refractivity (Wildman–Crippen MR) is 69.5 cm³/mol. The van der Waals surface area contributed by atoms with Crippen molar-refractivity contribution in [1.82, 2.24) is 9.29 Å². The van der Waals surface area contributed by atoms with Crippen molar-refractivity contribution in [2.75, 3.05) is 13.1 Å². The molecule has 0 spiro atoms. The van der Waals surface area contributed by atoms with Crippen LogP contribution in [0.2, 0.25) is 0 Å². The third-order valence-electron chi connectivity index (χ3n) is 2.75. The lowest BCUT2D eigenvalue weighted by Crippen LogP contribution is -2.29.